The molecule has 7 nitrogen and oxygen atoms in total. The van der Waals surface area contributed by atoms with Crippen molar-refractivity contribution in [3.8, 4) is 0 Å². The van der Waals surface area contributed by atoms with Crippen LogP contribution in [0.2, 0.25) is 0 Å². The molecule has 0 saturated carbocycles. The van der Waals surface area contributed by atoms with Crippen molar-refractivity contribution in [1.29, 1.82) is 0 Å². The highest BCUT2D eigenvalue weighted by Gasteiger charge is 2.12. The van der Waals surface area contributed by atoms with Crippen LogP contribution in [0.1, 0.15) is 28.5 Å². The van der Waals surface area contributed by atoms with Crippen molar-refractivity contribution in [3.05, 3.63) is 35.4 Å². The number of hydrogen-bond acceptors (Lipinski definition) is 6. The second kappa shape index (κ2) is 7.17. The lowest BCUT2D eigenvalue weighted by molar-refractivity contribution is -0.0118. The van der Waals surface area contributed by atoms with Crippen molar-refractivity contribution in [3.63, 3.8) is 0 Å². The number of aliphatic hydroxyl groups is 1. The molecule has 118 valence electrons. The fourth-order valence-electron chi connectivity index (χ4n) is 2.23. The van der Waals surface area contributed by atoms with Crippen molar-refractivity contribution < 1.29 is 15.1 Å². The number of fused-ring (bicyclic) bond motifs is 1. The number of aromatic nitrogens is 2. The van der Waals surface area contributed by atoms with E-state index in [1.807, 2.05) is 6.20 Å². The summed E-state index contributed by atoms with van der Waals surface area (Å²) in [6.07, 6.45) is 6.80. The molecule has 0 saturated heterocycles. The number of nitrogens with zero attached hydrogens (tertiary/aromatic N) is 2. The van der Waals surface area contributed by atoms with Gasteiger partial charge >= 0.3 is 0 Å². The zero-order valence-electron chi connectivity index (χ0n) is 12.6. The third-order valence-electron chi connectivity index (χ3n) is 3.19. The first-order chi connectivity index (χ1) is 10.5. The number of nitrogens with one attached hydrogen (secondary N) is 2. The number of aldehydes is 1. The topological polar surface area (TPSA) is 101 Å². The van der Waals surface area contributed by atoms with E-state index in [1.54, 1.807) is 19.2 Å². The second-order valence-electron chi connectivity index (χ2n) is 5.15. The SMILES string of the molecule is CC(O)CNCc1c[nH]c2cnc(C=O)c(/C=C\N(C)O)c12. The summed E-state index contributed by atoms with van der Waals surface area (Å²) in [6, 6.07) is 0. The molecule has 0 bridgehead atoms. The molecule has 0 fully saturated rings. The molecule has 0 aromatic carbocycles. The van der Waals surface area contributed by atoms with Gasteiger partial charge in [-0.25, -0.2) is 0 Å². The second-order valence-corrected chi connectivity index (χ2v) is 5.15. The first kappa shape index (κ1) is 16.2. The molecule has 7 heteroatoms. The Hall–Kier alpha value is -2.22. The number of aliphatic hydroxyl groups excluding tert-OH is 1. The summed E-state index contributed by atoms with van der Waals surface area (Å²) in [4.78, 5) is 18.4. The minimum atomic E-state index is -0.431. The smallest absolute Gasteiger partial charge is 0.169 e. The normalized spacial score (nSPS) is 12.9. The maximum Gasteiger partial charge on any atom is 0.169 e. The zero-order valence-corrected chi connectivity index (χ0v) is 12.6. The van der Waals surface area contributed by atoms with Crippen molar-refractivity contribution in [2.75, 3.05) is 13.6 Å². The van der Waals surface area contributed by atoms with Crippen LogP contribution in [0.5, 0.6) is 0 Å². The standard InChI is InChI=1S/C15H20N4O3/c1-10(21)5-16-6-11-7-17-13-8-18-14(9-20)12(15(11)13)3-4-19(2)22/h3-4,7-10,16-17,21-22H,5-6H2,1-2H3/b4-3-. The van der Waals surface area contributed by atoms with Gasteiger partial charge in [-0.2, -0.15) is 0 Å². The summed E-state index contributed by atoms with van der Waals surface area (Å²) in [7, 11) is 1.48. The molecule has 0 radical (unpaired) electrons. The third-order valence-corrected chi connectivity index (χ3v) is 3.19. The fourth-order valence-corrected chi connectivity index (χ4v) is 2.23. The number of carbonyl (C=O) groups is 1. The van der Waals surface area contributed by atoms with E-state index in [9.17, 15) is 15.1 Å². The number of H-pyrrole nitrogens is 1. The summed E-state index contributed by atoms with van der Waals surface area (Å²) >= 11 is 0. The number of carbonyl (C=O) groups excluding carboxylic acids is 1. The average Bonchev–Trinajstić information content (AvgIpc) is 2.87. The van der Waals surface area contributed by atoms with E-state index in [-0.39, 0.29) is 0 Å². The number of rotatable bonds is 7. The monoisotopic (exact) mass is 304 g/mol. The van der Waals surface area contributed by atoms with Crippen LogP contribution >= 0.6 is 0 Å². The van der Waals surface area contributed by atoms with E-state index in [2.05, 4.69) is 15.3 Å². The van der Waals surface area contributed by atoms with Gasteiger partial charge in [-0.05, 0) is 18.6 Å². The lowest BCUT2D eigenvalue weighted by atomic mass is 10.1. The Balaban J connectivity index is 2.43. The lowest BCUT2D eigenvalue weighted by Gasteiger charge is -2.08. The Morgan fingerprint density at radius 1 is 1.55 bits per heavy atom. The number of hydroxylamine groups is 2. The molecule has 0 spiro atoms. The molecular weight excluding hydrogens is 284 g/mol. The Morgan fingerprint density at radius 2 is 2.32 bits per heavy atom. The number of pyridine rings is 1. The summed E-state index contributed by atoms with van der Waals surface area (Å²) in [5, 5.41) is 23.5. The maximum atomic E-state index is 11.2. The van der Waals surface area contributed by atoms with Crippen molar-refractivity contribution in [2.45, 2.75) is 19.6 Å². The van der Waals surface area contributed by atoms with E-state index in [4.69, 9.17) is 0 Å². The van der Waals surface area contributed by atoms with Crippen LogP contribution in [0.15, 0.2) is 18.6 Å². The highest BCUT2D eigenvalue weighted by Crippen LogP contribution is 2.25. The first-order valence-electron chi connectivity index (χ1n) is 6.95. The highest BCUT2D eigenvalue weighted by atomic mass is 16.5. The van der Waals surface area contributed by atoms with Gasteiger partial charge in [-0.3, -0.25) is 20.0 Å². The molecule has 0 amide bonds. The maximum absolute atomic E-state index is 11.2. The van der Waals surface area contributed by atoms with Gasteiger partial charge in [0.1, 0.15) is 5.69 Å². The van der Waals surface area contributed by atoms with Crippen LogP contribution in [-0.4, -0.2) is 51.3 Å². The molecule has 2 aromatic heterocycles. The van der Waals surface area contributed by atoms with Gasteiger partial charge in [0, 0.05) is 43.5 Å². The van der Waals surface area contributed by atoms with Crippen molar-refractivity contribution in [2.24, 2.45) is 0 Å². The van der Waals surface area contributed by atoms with Crippen molar-refractivity contribution in [1.82, 2.24) is 20.3 Å². The van der Waals surface area contributed by atoms with Gasteiger partial charge in [0.2, 0.25) is 0 Å². The van der Waals surface area contributed by atoms with E-state index < -0.39 is 6.10 Å². The molecule has 0 aliphatic rings. The van der Waals surface area contributed by atoms with Crippen LogP contribution in [0.25, 0.3) is 17.0 Å². The van der Waals surface area contributed by atoms with Gasteiger partial charge < -0.3 is 15.4 Å². The molecule has 1 unspecified atom stereocenters. The Kier molecular flexibility index (Phi) is 5.26. The quantitative estimate of drug-likeness (QED) is 0.452. The molecule has 1 atom stereocenters. The Labute approximate surface area is 128 Å². The zero-order chi connectivity index (χ0) is 16.1. The van der Waals surface area contributed by atoms with Crippen LogP contribution in [-0.2, 0) is 6.54 Å². The minimum Gasteiger partial charge on any atom is -0.392 e. The molecule has 0 aliphatic heterocycles. The molecule has 2 rings (SSSR count). The molecule has 2 aromatic rings. The van der Waals surface area contributed by atoms with Crippen molar-refractivity contribution >= 4 is 23.3 Å². The van der Waals surface area contributed by atoms with E-state index in [1.165, 1.54) is 13.2 Å². The van der Waals surface area contributed by atoms with Gasteiger partial charge in [0.05, 0.1) is 17.8 Å². The number of hydrogen-bond donors (Lipinski definition) is 4. The molecular formula is C15H20N4O3. The largest absolute Gasteiger partial charge is 0.392 e. The predicted octanol–water partition coefficient (Wildman–Crippen LogP) is 1.14. The summed E-state index contributed by atoms with van der Waals surface area (Å²) < 4.78 is 0. The predicted molar refractivity (Wildman–Crippen MR) is 83.5 cm³/mol. The van der Waals surface area contributed by atoms with E-state index >= 15 is 0 Å². The highest BCUT2D eigenvalue weighted by molar-refractivity contribution is 5.97. The van der Waals surface area contributed by atoms with E-state index in [0.29, 0.717) is 30.6 Å². The molecule has 22 heavy (non-hydrogen) atoms. The lowest BCUT2D eigenvalue weighted by Crippen LogP contribution is -2.23. The minimum absolute atomic E-state index is 0.307. The van der Waals surface area contributed by atoms with Crippen LogP contribution in [0.4, 0.5) is 0 Å². The first-order valence-corrected chi connectivity index (χ1v) is 6.95. The molecule has 0 aliphatic carbocycles. The fraction of sp³-hybridized carbons (Fsp3) is 0.333. The Bertz CT molecular complexity index is 677. The third kappa shape index (κ3) is 3.70. The van der Waals surface area contributed by atoms with Crippen LogP contribution in [0, 0.1) is 0 Å². The van der Waals surface area contributed by atoms with E-state index in [0.717, 1.165) is 21.5 Å². The molecule has 2 heterocycles. The molecule has 4 N–H and O–H groups in total. The van der Waals surface area contributed by atoms with Gasteiger partial charge in [-0.15, -0.1) is 0 Å². The Morgan fingerprint density at radius 3 is 2.95 bits per heavy atom. The summed E-state index contributed by atoms with van der Waals surface area (Å²) in [5.41, 5.74) is 2.71. The average molecular weight is 304 g/mol. The number of aromatic amines is 1. The summed E-state index contributed by atoms with van der Waals surface area (Å²) in [6.45, 7) is 2.73. The van der Waals surface area contributed by atoms with Crippen LogP contribution in [0.3, 0.4) is 0 Å². The summed E-state index contributed by atoms with van der Waals surface area (Å²) in [5.74, 6) is 0. The van der Waals surface area contributed by atoms with Gasteiger partial charge in [0.25, 0.3) is 0 Å². The van der Waals surface area contributed by atoms with Gasteiger partial charge in [-0.1, -0.05) is 0 Å². The van der Waals surface area contributed by atoms with Crippen LogP contribution < -0.4 is 5.32 Å². The van der Waals surface area contributed by atoms with Gasteiger partial charge in [0.15, 0.2) is 6.29 Å².